The van der Waals surface area contributed by atoms with Crippen LogP contribution in [-0.4, -0.2) is 66.7 Å². The number of aliphatic hydroxyl groups is 1. The summed E-state index contributed by atoms with van der Waals surface area (Å²) in [6, 6.07) is 0. The maximum absolute atomic E-state index is 11.8. The zero-order valence-electron chi connectivity index (χ0n) is 16.9. The number of amides is 1. The first-order chi connectivity index (χ1) is 11.2. The fourth-order valence-corrected chi connectivity index (χ4v) is 1.43. The summed E-state index contributed by atoms with van der Waals surface area (Å²) in [6.45, 7) is 13.4. The summed E-state index contributed by atoms with van der Waals surface area (Å²) in [5.41, 5.74) is -1.62. The number of rotatable bonds is 9. The van der Waals surface area contributed by atoms with Crippen LogP contribution in [0.4, 0.5) is 4.79 Å². The van der Waals surface area contributed by atoms with Crippen LogP contribution in [0.25, 0.3) is 0 Å². The van der Waals surface area contributed by atoms with Gasteiger partial charge in [0.2, 0.25) is 0 Å². The van der Waals surface area contributed by atoms with Crippen LogP contribution in [0.3, 0.4) is 0 Å². The minimum atomic E-state index is -0.996. The highest BCUT2D eigenvalue weighted by molar-refractivity contribution is 6.45. The van der Waals surface area contributed by atoms with E-state index < -0.39 is 16.8 Å². The van der Waals surface area contributed by atoms with E-state index in [0.29, 0.717) is 18.6 Å². The summed E-state index contributed by atoms with van der Waals surface area (Å²) in [6.07, 6.45) is 2.50. The molecule has 0 aromatic carbocycles. The number of nitrogens with zero attached hydrogens (tertiary/aromatic N) is 1. The number of nitrogens with one attached hydrogen (secondary N) is 2. The quantitative estimate of drug-likeness (QED) is 0.333. The van der Waals surface area contributed by atoms with Gasteiger partial charge in [-0.25, -0.2) is 4.79 Å². The molecule has 0 heterocycles. The van der Waals surface area contributed by atoms with Gasteiger partial charge in [0.15, 0.2) is 0 Å². The largest absolute Gasteiger partial charge is 0.444 e. The van der Waals surface area contributed by atoms with E-state index in [1.807, 2.05) is 20.8 Å². The minimum Gasteiger partial charge on any atom is -0.444 e. The molecule has 8 heteroatoms. The van der Waals surface area contributed by atoms with E-state index in [1.165, 1.54) is 11.1 Å². The van der Waals surface area contributed by atoms with E-state index in [0.717, 1.165) is 0 Å². The number of allylic oxidation sites excluding steroid dienone is 1. The standard InChI is InChI=1S/C17H34BN3O4/c1-15(2,3)24-14(22)21(8)10-9-20-12-13(11-19)18-25-17(6,7)16(4,5)23/h11-12,18-20,23H,9-10H2,1-8H3/b13-12+,19-11?. The number of carbonyl (C=O) groups is 1. The Morgan fingerprint density at radius 1 is 1.24 bits per heavy atom. The Bertz CT molecular complexity index is 479. The zero-order valence-corrected chi connectivity index (χ0v) is 16.9. The summed E-state index contributed by atoms with van der Waals surface area (Å²) >= 11 is 0. The van der Waals surface area contributed by atoms with Crippen LogP contribution in [0.15, 0.2) is 11.7 Å². The van der Waals surface area contributed by atoms with Crippen molar-refractivity contribution in [1.82, 2.24) is 10.2 Å². The molecule has 0 saturated carbocycles. The minimum absolute atomic E-state index is 0.204. The number of carbonyl (C=O) groups excluding carboxylic acids is 1. The lowest BCUT2D eigenvalue weighted by Gasteiger charge is -2.37. The van der Waals surface area contributed by atoms with E-state index >= 15 is 0 Å². The first-order valence-corrected chi connectivity index (χ1v) is 8.43. The van der Waals surface area contributed by atoms with Crippen molar-refractivity contribution in [3.8, 4) is 0 Å². The van der Waals surface area contributed by atoms with Gasteiger partial charge in [-0.05, 0) is 60.1 Å². The van der Waals surface area contributed by atoms with E-state index in [4.69, 9.17) is 14.8 Å². The molecule has 0 aliphatic carbocycles. The Labute approximate surface area is 152 Å². The molecule has 0 aromatic rings. The topological polar surface area (TPSA) is 94.9 Å². The Kier molecular flexibility index (Phi) is 8.67. The van der Waals surface area contributed by atoms with Crippen molar-refractivity contribution in [2.24, 2.45) is 0 Å². The maximum Gasteiger partial charge on any atom is 0.410 e. The lowest BCUT2D eigenvalue weighted by molar-refractivity contribution is -0.0895. The van der Waals surface area contributed by atoms with Gasteiger partial charge in [-0.15, -0.1) is 0 Å². The molecule has 0 aliphatic heterocycles. The fraction of sp³-hybridized carbons (Fsp3) is 0.765. The maximum atomic E-state index is 11.8. The number of hydrogen-bond donors (Lipinski definition) is 3. The normalized spacial score (nSPS) is 13.2. The van der Waals surface area contributed by atoms with Crippen LogP contribution in [-0.2, 0) is 9.39 Å². The van der Waals surface area contributed by atoms with Gasteiger partial charge in [0.05, 0.1) is 11.2 Å². The second-order valence-corrected chi connectivity index (χ2v) is 8.08. The molecule has 3 N–H and O–H groups in total. The summed E-state index contributed by atoms with van der Waals surface area (Å²) < 4.78 is 11.0. The van der Waals surface area contributed by atoms with E-state index in [-0.39, 0.29) is 13.6 Å². The Balaban J connectivity index is 4.37. The van der Waals surface area contributed by atoms with Crippen LogP contribution in [0.2, 0.25) is 0 Å². The third-order valence-corrected chi connectivity index (χ3v) is 3.84. The monoisotopic (exact) mass is 355 g/mol. The van der Waals surface area contributed by atoms with Crippen molar-refractivity contribution < 1.29 is 19.3 Å². The zero-order chi connectivity index (χ0) is 19.9. The highest BCUT2D eigenvalue weighted by Crippen LogP contribution is 2.24. The van der Waals surface area contributed by atoms with Crippen molar-refractivity contribution in [3.63, 3.8) is 0 Å². The average Bonchev–Trinajstić information content (AvgIpc) is 2.43. The van der Waals surface area contributed by atoms with Gasteiger partial charge in [-0.2, -0.15) is 0 Å². The third kappa shape index (κ3) is 9.50. The fourth-order valence-electron chi connectivity index (χ4n) is 1.43. The summed E-state index contributed by atoms with van der Waals surface area (Å²) in [5.74, 6) is 0. The van der Waals surface area contributed by atoms with E-state index in [2.05, 4.69) is 5.32 Å². The van der Waals surface area contributed by atoms with E-state index in [9.17, 15) is 9.90 Å². The van der Waals surface area contributed by atoms with Gasteiger partial charge in [-0.3, -0.25) is 0 Å². The van der Waals surface area contributed by atoms with Gasteiger partial charge in [0.25, 0.3) is 0 Å². The van der Waals surface area contributed by atoms with Crippen LogP contribution >= 0.6 is 0 Å². The van der Waals surface area contributed by atoms with Crippen LogP contribution in [0.5, 0.6) is 0 Å². The van der Waals surface area contributed by atoms with E-state index in [1.54, 1.807) is 40.9 Å². The predicted molar refractivity (Wildman–Crippen MR) is 102 cm³/mol. The van der Waals surface area contributed by atoms with Crippen molar-refractivity contribution in [2.45, 2.75) is 65.3 Å². The van der Waals surface area contributed by atoms with Crippen LogP contribution < -0.4 is 5.32 Å². The molecule has 0 fully saturated rings. The van der Waals surface area contributed by atoms with Gasteiger partial charge >= 0.3 is 13.6 Å². The Morgan fingerprint density at radius 2 is 1.80 bits per heavy atom. The molecule has 25 heavy (non-hydrogen) atoms. The summed E-state index contributed by atoms with van der Waals surface area (Å²) in [4.78, 5) is 13.3. The predicted octanol–water partition coefficient (Wildman–Crippen LogP) is 1.85. The molecular formula is C17H34BN3O4. The molecule has 0 radical (unpaired) electrons. The molecule has 1 amide bonds. The molecule has 7 nitrogen and oxygen atoms in total. The lowest BCUT2D eigenvalue weighted by Crippen LogP contribution is -2.48. The molecule has 0 bridgehead atoms. The molecule has 0 aromatic heterocycles. The molecule has 0 spiro atoms. The Morgan fingerprint density at radius 3 is 2.24 bits per heavy atom. The third-order valence-electron chi connectivity index (χ3n) is 3.84. The lowest BCUT2D eigenvalue weighted by atomic mass is 9.83. The van der Waals surface area contributed by atoms with Crippen molar-refractivity contribution in [1.29, 1.82) is 5.41 Å². The van der Waals surface area contributed by atoms with Crippen molar-refractivity contribution in [3.05, 3.63) is 11.7 Å². The van der Waals surface area contributed by atoms with Crippen molar-refractivity contribution >= 4 is 19.8 Å². The van der Waals surface area contributed by atoms with Crippen LogP contribution in [0.1, 0.15) is 48.5 Å². The first kappa shape index (κ1) is 23.5. The van der Waals surface area contributed by atoms with Gasteiger partial charge < -0.3 is 30.1 Å². The van der Waals surface area contributed by atoms with Gasteiger partial charge in [0.1, 0.15) is 5.60 Å². The molecule has 0 rings (SSSR count). The smallest absolute Gasteiger partial charge is 0.410 e. The summed E-state index contributed by atoms with van der Waals surface area (Å²) in [5, 5.41) is 20.6. The number of ether oxygens (including phenoxy) is 1. The Hall–Kier alpha value is -1.54. The first-order valence-electron chi connectivity index (χ1n) is 8.43. The second-order valence-electron chi connectivity index (χ2n) is 8.08. The average molecular weight is 355 g/mol. The molecule has 0 aliphatic rings. The van der Waals surface area contributed by atoms with Gasteiger partial charge in [-0.1, -0.05) is 0 Å². The SMILES string of the molecule is CN(CCN/C=C(/BOC(C)(C)C(C)(C)O)C=N)C(=O)OC(C)(C)C. The number of hydrogen-bond acceptors (Lipinski definition) is 6. The molecular weight excluding hydrogens is 321 g/mol. The molecule has 0 atom stereocenters. The molecule has 144 valence electrons. The summed E-state index contributed by atoms with van der Waals surface area (Å²) in [7, 11) is 1.88. The van der Waals surface area contributed by atoms with Gasteiger partial charge in [0, 0.05) is 26.4 Å². The van der Waals surface area contributed by atoms with Crippen LogP contribution in [0, 0.1) is 5.41 Å². The van der Waals surface area contributed by atoms with Crippen molar-refractivity contribution in [2.75, 3.05) is 20.1 Å². The highest BCUT2D eigenvalue weighted by Gasteiger charge is 2.35. The second kappa shape index (κ2) is 9.24. The molecule has 0 saturated heterocycles. The highest BCUT2D eigenvalue weighted by atomic mass is 16.6. The number of likely N-dealkylation sites (N-methyl/N-ethyl adjacent to an activating group) is 1. The molecule has 0 unspecified atom stereocenters.